The number of rotatable bonds is 10. The molecule has 136 valence electrons. The minimum Gasteiger partial charge on any atom is -0.355 e. The van der Waals surface area contributed by atoms with Crippen molar-refractivity contribution < 1.29 is 4.79 Å². The Hall–Kier alpha value is -1.84. The summed E-state index contributed by atoms with van der Waals surface area (Å²) in [7, 11) is 0. The van der Waals surface area contributed by atoms with E-state index in [1.54, 1.807) is 0 Å². The molecule has 0 spiro atoms. The van der Waals surface area contributed by atoms with Gasteiger partial charge in [0.25, 0.3) is 0 Å². The third-order valence-electron chi connectivity index (χ3n) is 4.08. The van der Waals surface area contributed by atoms with Crippen molar-refractivity contribution in [3.05, 3.63) is 71.8 Å². The Labute approximate surface area is 157 Å². The van der Waals surface area contributed by atoms with Crippen LogP contribution in [0.4, 0.5) is 0 Å². The maximum Gasteiger partial charge on any atom is 0.220 e. The Kier molecular flexibility index (Phi) is 10.6. The maximum absolute atomic E-state index is 12.3. The minimum absolute atomic E-state index is 0. The van der Waals surface area contributed by atoms with Gasteiger partial charge in [-0.05, 0) is 36.4 Å². The number of carbonyl (C=O) groups is 1. The molecule has 25 heavy (non-hydrogen) atoms. The number of benzene rings is 2. The lowest BCUT2D eigenvalue weighted by Crippen LogP contribution is -2.33. The van der Waals surface area contributed by atoms with Gasteiger partial charge in [0.2, 0.25) is 5.91 Å². The number of hydrogen-bond acceptors (Lipinski definition) is 2. The number of halogens is 1. The van der Waals surface area contributed by atoms with Crippen molar-refractivity contribution in [3.8, 4) is 0 Å². The second kappa shape index (κ2) is 12.5. The van der Waals surface area contributed by atoms with Gasteiger partial charge in [0.1, 0.15) is 0 Å². The van der Waals surface area contributed by atoms with Crippen molar-refractivity contribution >= 4 is 18.3 Å². The average Bonchev–Trinajstić information content (AvgIpc) is 2.60. The van der Waals surface area contributed by atoms with E-state index in [1.807, 2.05) is 12.1 Å². The summed E-state index contributed by atoms with van der Waals surface area (Å²) >= 11 is 0. The van der Waals surface area contributed by atoms with E-state index < -0.39 is 0 Å². The molecular weight excluding hydrogens is 332 g/mol. The molecule has 0 fully saturated rings. The topological polar surface area (TPSA) is 41.1 Å². The molecule has 0 bridgehead atoms. The van der Waals surface area contributed by atoms with E-state index >= 15 is 0 Å². The molecule has 0 radical (unpaired) electrons. The van der Waals surface area contributed by atoms with Gasteiger partial charge in [-0.1, -0.05) is 67.6 Å². The molecule has 0 saturated carbocycles. The molecule has 1 amide bonds. The summed E-state index contributed by atoms with van der Waals surface area (Å²) in [4.78, 5) is 12.3. The fourth-order valence-corrected chi connectivity index (χ4v) is 2.91. The van der Waals surface area contributed by atoms with Gasteiger partial charge in [-0.3, -0.25) is 4.79 Å². The predicted molar refractivity (Wildman–Crippen MR) is 107 cm³/mol. The highest BCUT2D eigenvalue weighted by Gasteiger charge is 2.15. The zero-order valence-electron chi connectivity index (χ0n) is 14.9. The van der Waals surface area contributed by atoms with Crippen molar-refractivity contribution in [1.29, 1.82) is 0 Å². The molecule has 2 aromatic carbocycles. The van der Waals surface area contributed by atoms with E-state index in [9.17, 15) is 4.79 Å². The third-order valence-corrected chi connectivity index (χ3v) is 4.08. The molecule has 3 nitrogen and oxygen atoms in total. The van der Waals surface area contributed by atoms with Gasteiger partial charge in [-0.25, -0.2) is 0 Å². The molecule has 2 rings (SSSR count). The lowest BCUT2D eigenvalue weighted by Gasteiger charge is -2.17. The van der Waals surface area contributed by atoms with Gasteiger partial charge in [-0.15, -0.1) is 12.4 Å². The second-order valence-electron chi connectivity index (χ2n) is 6.15. The summed E-state index contributed by atoms with van der Waals surface area (Å²) in [5.74, 6) is 0.457. The van der Waals surface area contributed by atoms with Crippen molar-refractivity contribution in [2.75, 3.05) is 19.6 Å². The highest BCUT2D eigenvalue weighted by molar-refractivity contribution is 5.85. The Morgan fingerprint density at radius 2 is 1.40 bits per heavy atom. The van der Waals surface area contributed by atoms with Crippen LogP contribution in [0, 0.1) is 5.92 Å². The molecule has 0 heterocycles. The van der Waals surface area contributed by atoms with Crippen LogP contribution in [0.1, 0.15) is 24.5 Å². The highest BCUT2D eigenvalue weighted by Crippen LogP contribution is 2.18. The Morgan fingerprint density at radius 3 is 1.88 bits per heavy atom. The molecule has 4 heteroatoms. The van der Waals surface area contributed by atoms with Crippen molar-refractivity contribution in [1.82, 2.24) is 10.6 Å². The minimum atomic E-state index is 0. The summed E-state index contributed by atoms with van der Waals surface area (Å²) in [5, 5.41) is 6.24. The number of likely N-dealkylation sites (N-methyl/N-ethyl adjacent to an activating group) is 1. The average molecular weight is 361 g/mol. The maximum atomic E-state index is 12.3. The van der Waals surface area contributed by atoms with Crippen molar-refractivity contribution in [2.24, 2.45) is 5.92 Å². The standard InChI is InChI=1S/C21H28N2O.ClH/c1-2-22-13-14-23-21(24)17-20(15-18-9-5-3-6-10-18)16-19-11-7-4-8-12-19;/h3-12,20,22H,2,13-17H2,1H3,(H,23,24);1H. The van der Waals surface area contributed by atoms with E-state index in [-0.39, 0.29) is 18.3 Å². The van der Waals surface area contributed by atoms with E-state index in [4.69, 9.17) is 0 Å². The van der Waals surface area contributed by atoms with Gasteiger partial charge in [-0.2, -0.15) is 0 Å². The van der Waals surface area contributed by atoms with Crippen LogP contribution in [0.2, 0.25) is 0 Å². The summed E-state index contributed by atoms with van der Waals surface area (Å²) in [5.41, 5.74) is 2.58. The smallest absolute Gasteiger partial charge is 0.220 e. The SMILES string of the molecule is CCNCCNC(=O)CC(Cc1ccccc1)Cc1ccccc1.Cl. The van der Waals surface area contributed by atoms with E-state index in [0.717, 1.165) is 25.9 Å². The number of amides is 1. The zero-order chi connectivity index (χ0) is 17.0. The molecule has 2 aromatic rings. The summed E-state index contributed by atoms with van der Waals surface area (Å²) in [6.45, 7) is 4.51. The van der Waals surface area contributed by atoms with Gasteiger partial charge in [0, 0.05) is 19.5 Å². The van der Waals surface area contributed by atoms with E-state index in [1.165, 1.54) is 11.1 Å². The van der Waals surface area contributed by atoms with Crippen LogP contribution in [-0.4, -0.2) is 25.5 Å². The molecule has 0 aromatic heterocycles. The fraction of sp³-hybridized carbons (Fsp3) is 0.381. The van der Waals surface area contributed by atoms with Crippen LogP contribution in [0.3, 0.4) is 0 Å². The monoisotopic (exact) mass is 360 g/mol. The quantitative estimate of drug-likeness (QED) is 0.635. The van der Waals surface area contributed by atoms with Crippen molar-refractivity contribution in [2.45, 2.75) is 26.2 Å². The van der Waals surface area contributed by atoms with Crippen LogP contribution in [0.5, 0.6) is 0 Å². The fourth-order valence-electron chi connectivity index (χ4n) is 2.91. The molecule has 2 N–H and O–H groups in total. The summed E-state index contributed by atoms with van der Waals surface area (Å²) in [6.07, 6.45) is 2.42. The molecule has 0 aliphatic rings. The number of hydrogen-bond donors (Lipinski definition) is 2. The Morgan fingerprint density at radius 1 is 0.880 bits per heavy atom. The first-order valence-corrected chi connectivity index (χ1v) is 8.83. The first-order valence-electron chi connectivity index (χ1n) is 8.83. The number of nitrogens with one attached hydrogen (secondary N) is 2. The Bertz CT molecular complexity index is 548. The van der Waals surface area contributed by atoms with Crippen LogP contribution < -0.4 is 10.6 Å². The lowest BCUT2D eigenvalue weighted by molar-refractivity contribution is -0.121. The molecular formula is C21H29ClN2O. The normalized spacial score (nSPS) is 10.3. The highest BCUT2D eigenvalue weighted by atomic mass is 35.5. The lowest BCUT2D eigenvalue weighted by atomic mass is 9.89. The predicted octanol–water partition coefficient (Wildman–Crippen LogP) is 3.63. The van der Waals surface area contributed by atoms with Gasteiger partial charge >= 0.3 is 0 Å². The first kappa shape index (κ1) is 21.2. The second-order valence-corrected chi connectivity index (χ2v) is 6.15. The summed E-state index contributed by atoms with van der Waals surface area (Å²) < 4.78 is 0. The number of carbonyl (C=O) groups excluding carboxylic acids is 1. The molecule has 0 saturated heterocycles. The van der Waals surface area contributed by atoms with Crippen LogP contribution in [0.15, 0.2) is 60.7 Å². The van der Waals surface area contributed by atoms with Gasteiger partial charge in [0.15, 0.2) is 0 Å². The summed E-state index contributed by atoms with van der Waals surface area (Å²) in [6, 6.07) is 20.9. The largest absolute Gasteiger partial charge is 0.355 e. The first-order chi connectivity index (χ1) is 11.8. The van der Waals surface area contributed by atoms with Gasteiger partial charge < -0.3 is 10.6 Å². The Balaban J connectivity index is 0.00000312. The van der Waals surface area contributed by atoms with Crippen LogP contribution in [-0.2, 0) is 17.6 Å². The van der Waals surface area contributed by atoms with Gasteiger partial charge in [0.05, 0.1) is 0 Å². The zero-order valence-corrected chi connectivity index (χ0v) is 15.7. The van der Waals surface area contributed by atoms with E-state index in [2.05, 4.69) is 66.1 Å². The third kappa shape index (κ3) is 8.71. The van der Waals surface area contributed by atoms with Crippen LogP contribution >= 0.6 is 12.4 Å². The van der Waals surface area contributed by atoms with Crippen molar-refractivity contribution in [3.63, 3.8) is 0 Å². The molecule has 0 atom stereocenters. The van der Waals surface area contributed by atoms with Crippen LogP contribution in [0.25, 0.3) is 0 Å². The van der Waals surface area contributed by atoms with E-state index in [0.29, 0.717) is 18.9 Å². The molecule has 0 unspecified atom stereocenters. The molecule has 0 aliphatic carbocycles. The molecule has 0 aliphatic heterocycles.